The SMILES string of the molecule is CN=C(NCc1ncc(C)s1)NCC1CCCN(C(=O)OC(C)(C)C)C1.I. The highest BCUT2D eigenvalue weighted by molar-refractivity contribution is 14.0. The number of thiazole rings is 1. The van der Waals surface area contributed by atoms with E-state index in [-0.39, 0.29) is 30.1 Å². The average Bonchev–Trinajstić information content (AvgIpc) is 2.99. The fourth-order valence-electron chi connectivity index (χ4n) is 2.83. The first-order valence-electron chi connectivity index (χ1n) is 9.10. The van der Waals surface area contributed by atoms with Crippen molar-refractivity contribution in [2.24, 2.45) is 10.9 Å². The number of hydrogen-bond acceptors (Lipinski definition) is 5. The van der Waals surface area contributed by atoms with Crippen LogP contribution in [0.4, 0.5) is 4.79 Å². The molecule has 2 heterocycles. The Hall–Kier alpha value is -1.10. The second-order valence-corrected chi connectivity index (χ2v) is 8.93. The lowest BCUT2D eigenvalue weighted by Gasteiger charge is -2.34. The number of halogens is 1. The Balaban J connectivity index is 0.00000364. The number of hydrogen-bond donors (Lipinski definition) is 2. The van der Waals surface area contributed by atoms with Gasteiger partial charge in [0.2, 0.25) is 0 Å². The van der Waals surface area contributed by atoms with E-state index in [1.165, 1.54) is 4.88 Å². The summed E-state index contributed by atoms with van der Waals surface area (Å²) in [4.78, 5) is 23.9. The van der Waals surface area contributed by atoms with Crippen molar-refractivity contribution in [1.82, 2.24) is 20.5 Å². The number of carbonyl (C=O) groups is 1. The normalized spacial score (nSPS) is 17.9. The number of carbonyl (C=O) groups excluding carboxylic acids is 1. The fourth-order valence-corrected chi connectivity index (χ4v) is 3.55. The lowest BCUT2D eigenvalue weighted by Crippen LogP contribution is -2.47. The maximum Gasteiger partial charge on any atom is 0.410 e. The van der Waals surface area contributed by atoms with E-state index in [0.717, 1.165) is 36.9 Å². The largest absolute Gasteiger partial charge is 0.444 e. The maximum absolute atomic E-state index is 12.3. The molecule has 2 rings (SSSR count). The van der Waals surface area contributed by atoms with Crippen LogP contribution in [-0.2, 0) is 11.3 Å². The molecule has 154 valence electrons. The predicted molar refractivity (Wildman–Crippen MR) is 121 cm³/mol. The van der Waals surface area contributed by atoms with E-state index in [0.29, 0.717) is 19.0 Å². The Morgan fingerprint density at radius 2 is 2.19 bits per heavy atom. The topological polar surface area (TPSA) is 78.9 Å². The minimum Gasteiger partial charge on any atom is -0.444 e. The van der Waals surface area contributed by atoms with Gasteiger partial charge in [-0.3, -0.25) is 4.99 Å². The van der Waals surface area contributed by atoms with Gasteiger partial charge in [0, 0.05) is 37.8 Å². The number of aliphatic imine (C=N–C) groups is 1. The van der Waals surface area contributed by atoms with Crippen LogP contribution in [0.5, 0.6) is 0 Å². The number of rotatable bonds is 4. The molecule has 27 heavy (non-hydrogen) atoms. The number of piperidine rings is 1. The highest BCUT2D eigenvalue weighted by Gasteiger charge is 2.27. The highest BCUT2D eigenvalue weighted by Crippen LogP contribution is 2.19. The number of guanidine groups is 1. The average molecular weight is 509 g/mol. The van der Waals surface area contributed by atoms with Gasteiger partial charge in [0.05, 0.1) is 6.54 Å². The van der Waals surface area contributed by atoms with E-state index in [9.17, 15) is 4.79 Å². The summed E-state index contributed by atoms with van der Waals surface area (Å²) in [6, 6.07) is 0. The predicted octanol–water partition coefficient (Wildman–Crippen LogP) is 3.38. The number of likely N-dealkylation sites (tertiary alicyclic amines) is 1. The summed E-state index contributed by atoms with van der Waals surface area (Å²) >= 11 is 1.68. The molecule has 0 saturated carbocycles. The summed E-state index contributed by atoms with van der Waals surface area (Å²) in [6.45, 7) is 10.7. The maximum atomic E-state index is 12.3. The summed E-state index contributed by atoms with van der Waals surface area (Å²) in [6.07, 6.45) is 3.75. The van der Waals surface area contributed by atoms with Gasteiger partial charge in [0.1, 0.15) is 10.6 Å². The van der Waals surface area contributed by atoms with Crippen LogP contribution >= 0.6 is 35.3 Å². The van der Waals surface area contributed by atoms with Gasteiger partial charge in [-0.25, -0.2) is 9.78 Å². The zero-order valence-electron chi connectivity index (χ0n) is 16.9. The molecule has 0 spiro atoms. The number of nitrogens with one attached hydrogen (secondary N) is 2. The van der Waals surface area contributed by atoms with Gasteiger partial charge in [-0.15, -0.1) is 35.3 Å². The number of amides is 1. The Bertz CT molecular complexity index is 630. The van der Waals surface area contributed by atoms with Gasteiger partial charge in [0.15, 0.2) is 5.96 Å². The van der Waals surface area contributed by atoms with E-state index >= 15 is 0 Å². The number of aryl methyl sites for hydroxylation is 1. The molecule has 1 fully saturated rings. The summed E-state index contributed by atoms with van der Waals surface area (Å²) < 4.78 is 5.49. The van der Waals surface area contributed by atoms with Crippen molar-refractivity contribution in [3.63, 3.8) is 0 Å². The molecule has 1 aliphatic heterocycles. The zero-order chi connectivity index (χ0) is 19.2. The fraction of sp³-hybridized carbons (Fsp3) is 0.722. The monoisotopic (exact) mass is 509 g/mol. The third kappa shape index (κ3) is 8.63. The lowest BCUT2D eigenvalue weighted by atomic mass is 9.98. The van der Waals surface area contributed by atoms with Crippen molar-refractivity contribution < 1.29 is 9.53 Å². The molecule has 1 aromatic heterocycles. The molecule has 1 atom stereocenters. The van der Waals surface area contributed by atoms with Crippen LogP contribution in [0.15, 0.2) is 11.2 Å². The van der Waals surface area contributed by atoms with Crippen LogP contribution in [0.1, 0.15) is 43.5 Å². The van der Waals surface area contributed by atoms with Crippen LogP contribution in [0.2, 0.25) is 0 Å². The molecule has 1 aliphatic rings. The highest BCUT2D eigenvalue weighted by atomic mass is 127. The first-order chi connectivity index (χ1) is 12.3. The van der Waals surface area contributed by atoms with Gasteiger partial charge in [-0.2, -0.15) is 0 Å². The van der Waals surface area contributed by atoms with Crippen LogP contribution in [-0.4, -0.2) is 54.2 Å². The van der Waals surface area contributed by atoms with Crippen molar-refractivity contribution in [2.75, 3.05) is 26.7 Å². The molecule has 0 aliphatic carbocycles. The molecule has 7 nitrogen and oxygen atoms in total. The van der Waals surface area contributed by atoms with E-state index in [1.807, 2.05) is 38.8 Å². The summed E-state index contributed by atoms with van der Waals surface area (Å²) in [5.74, 6) is 1.14. The first-order valence-corrected chi connectivity index (χ1v) is 9.92. The van der Waals surface area contributed by atoms with Crippen LogP contribution < -0.4 is 10.6 Å². The van der Waals surface area contributed by atoms with Gasteiger partial charge >= 0.3 is 6.09 Å². The molecule has 0 aromatic carbocycles. The Morgan fingerprint density at radius 1 is 1.44 bits per heavy atom. The number of ether oxygens (including phenoxy) is 1. The number of nitrogens with zero attached hydrogens (tertiary/aromatic N) is 3. The Morgan fingerprint density at radius 3 is 2.78 bits per heavy atom. The summed E-state index contributed by atoms with van der Waals surface area (Å²) in [5.41, 5.74) is -0.456. The molecule has 2 N–H and O–H groups in total. The van der Waals surface area contributed by atoms with Crippen molar-refractivity contribution in [3.05, 3.63) is 16.1 Å². The third-order valence-corrected chi connectivity index (χ3v) is 4.94. The molecule has 0 bridgehead atoms. The molecular weight excluding hydrogens is 477 g/mol. The van der Waals surface area contributed by atoms with Crippen molar-refractivity contribution in [3.8, 4) is 0 Å². The second kappa shape index (κ2) is 11.0. The van der Waals surface area contributed by atoms with Crippen LogP contribution in [0.25, 0.3) is 0 Å². The quantitative estimate of drug-likeness (QED) is 0.370. The Labute approximate surface area is 183 Å². The minimum absolute atomic E-state index is 0. The summed E-state index contributed by atoms with van der Waals surface area (Å²) in [7, 11) is 1.76. The molecule has 0 radical (unpaired) electrons. The zero-order valence-corrected chi connectivity index (χ0v) is 20.0. The van der Waals surface area contributed by atoms with E-state index in [2.05, 4.69) is 20.6 Å². The molecule has 1 aromatic rings. The van der Waals surface area contributed by atoms with E-state index in [1.54, 1.807) is 18.4 Å². The van der Waals surface area contributed by atoms with Gasteiger partial charge in [0.25, 0.3) is 0 Å². The Kier molecular flexibility index (Phi) is 9.78. The molecule has 1 saturated heterocycles. The number of aromatic nitrogens is 1. The lowest BCUT2D eigenvalue weighted by molar-refractivity contribution is 0.0168. The molecule has 9 heteroatoms. The van der Waals surface area contributed by atoms with Gasteiger partial charge < -0.3 is 20.3 Å². The smallest absolute Gasteiger partial charge is 0.410 e. The second-order valence-electron chi connectivity index (χ2n) is 7.61. The van der Waals surface area contributed by atoms with Crippen molar-refractivity contribution in [2.45, 2.75) is 52.7 Å². The van der Waals surface area contributed by atoms with Gasteiger partial charge in [-0.05, 0) is 46.5 Å². The standard InChI is InChI=1S/C18H31N5O2S.HI/c1-13-9-20-15(26-13)11-22-16(19-5)21-10-14-7-6-8-23(12-14)17(24)25-18(2,3)4;/h9,14H,6-8,10-12H2,1-5H3,(H2,19,21,22);1H. The first kappa shape index (κ1) is 23.9. The third-order valence-electron chi connectivity index (χ3n) is 4.03. The van der Waals surface area contributed by atoms with Gasteiger partial charge in [-0.1, -0.05) is 0 Å². The van der Waals surface area contributed by atoms with Crippen LogP contribution in [0, 0.1) is 12.8 Å². The van der Waals surface area contributed by atoms with E-state index < -0.39 is 5.60 Å². The molecular formula is C18H32IN5O2S. The van der Waals surface area contributed by atoms with E-state index in [4.69, 9.17) is 4.74 Å². The molecule has 1 amide bonds. The summed E-state index contributed by atoms with van der Waals surface area (Å²) in [5, 5.41) is 7.69. The van der Waals surface area contributed by atoms with Crippen molar-refractivity contribution in [1.29, 1.82) is 0 Å². The van der Waals surface area contributed by atoms with Crippen molar-refractivity contribution >= 4 is 47.4 Å². The van der Waals surface area contributed by atoms with Crippen LogP contribution in [0.3, 0.4) is 0 Å². The molecule has 1 unspecified atom stereocenters. The minimum atomic E-state index is -0.456.